The molecular formula is C22H60. The molecule has 0 atom stereocenters. The van der Waals surface area contributed by atoms with Crippen LogP contribution in [-0.2, 0) is 0 Å². The van der Waals surface area contributed by atoms with Crippen LogP contribution in [0, 0.1) is 0 Å². The standard InChI is InChI=1S/6C3H8.2C2H6/c6*1-3-2;2*1-2/h6*3H2,1-2H3;2*1-2H3. The van der Waals surface area contributed by atoms with E-state index < -0.39 is 0 Å². The lowest BCUT2D eigenvalue weighted by atomic mass is 10.6. The second kappa shape index (κ2) is 233. The van der Waals surface area contributed by atoms with Gasteiger partial charge in [0.25, 0.3) is 0 Å². The third kappa shape index (κ3) is 0. The molecule has 148 valence electrons. The molecule has 0 aliphatic heterocycles. The molecule has 0 spiro atoms. The summed E-state index contributed by atoms with van der Waals surface area (Å²) in [6.07, 6.45) is 7.50. The molecule has 0 aromatic carbocycles. The second-order valence-corrected chi connectivity index (χ2v) is 4.24. The molecule has 0 unspecified atom stereocenters. The molecule has 0 aromatic rings. The highest BCUT2D eigenvalue weighted by molar-refractivity contribution is 3.93. The number of rotatable bonds is 0. The molecule has 0 aliphatic carbocycles. The van der Waals surface area contributed by atoms with E-state index in [2.05, 4.69) is 83.1 Å². The van der Waals surface area contributed by atoms with Crippen LogP contribution in [0.5, 0.6) is 0 Å². The normalized spacial score (nSPS) is 5.45. The van der Waals surface area contributed by atoms with Crippen LogP contribution >= 0.6 is 0 Å². The lowest BCUT2D eigenvalue weighted by Crippen LogP contribution is -1.27. The quantitative estimate of drug-likeness (QED) is 0.415. The SMILES string of the molecule is CC.CC.CCC.CCC.CCC.CCC.CCC.CCC. The van der Waals surface area contributed by atoms with E-state index in [9.17, 15) is 0 Å². The molecular weight excluding hydrogens is 264 g/mol. The van der Waals surface area contributed by atoms with Crippen LogP contribution in [0.1, 0.15) is 149 Å². The van der Waals surface area contributed by atoms with Gasteiger partial charge in [0.15, 0.2) is 0 Å². The van der Waals surface area contributed by atoms with E-state index in [1.165, 1.54) is 38.5 Å². The first kappa shape index (κ1) is 49.5. The van der Waals surface area contributed by atoms with Gasteiger partial charge in [0, 0.05) is 0 Å². The summed E-state index contributed by atoms with van der Waals surface area (Å²) in [5, 5.41) is 0. The van der Waals surface area contributed by atoms with Gasteiger partial charge < -0.3 is 0 Å². The lowest BCUT2D eigenvalue weighted by Gasteiger charge is -1.48. The van der Waals surface area contributed by atoms with E-state index in [1.807, 2.05) is 27.7 Å². The van der Waals surface area contributed by atoms with Crippen molar-refractivity contribution < 1.29 is 0 Å². The lowest BCUT2D eigenvalue weighted by molar-refractivity contribution is 1.09. The van der Waals surface area contributed by atoms with Gasteiger partial charge in [0.1, 0.15) is 0 Å². The van der Waals surface area contributed by atoms with Gasteiger partial charge in [0.2, 0.25) is 0 Å². The van der Waals surface area contributed by atoms with Crippen LogP contribution in [0.15, 0.2) is 0 Å². The smallest absolute Gasteiger partial charge is 0.0590 e. The Morgan fingerprint density at radius 3 is 0.227 bits per heavy atom. The third-order valence-corrected chi connectivity index (χ3v) is 0. The summed E-state index contributed by atoms with van der Waals surface area (Å²) in [6, 6.07) is 0. The molecule has 0 nitrogen and oxygen atoms in total. The summed E-state index contributed by atoms with van der Waals surface area (Å²) >= 11 is 0. The first-order chi connectivity index (χ1) is 10.5. The molecule has 0 saturated carbocycles. The van der Waals surface area contributed by atoms with E-state index >= 15 is 0 Å². The van der Waals surface area contributed by atoms with Crippen LogP contribution in [0.25, 0.3) is 0 Å². The summed E-state index contributed by atoms with van der Waals surface area (Å²) in [5.74, 6) is 0. The minimum absolute atomic E-state index is 1.25. The highest BCUT2D eigenvalue weighted by Crippen LogP contribution is 1.57. The van der Waals surface area contributed by atoms with Crippen molar-refractivity contribution in [2.24, 2.45) is 0 Å². The molecule has 0 radical (unpaired) electrons. The van der Waals surface area contributed by atoms with Gasteiger partial charge in [-0.15, -0.1) is 0 Å². The van der Waals surface area contributed by atoms with Gasteiger partial charge in [-0.3, -0.25) is 0 Å². The van der Waals surface area contributed by atoms with Gasteiger partial charge in [-0.1, -0.05) is 149 Å². The highest BCUT2D eigenvalue weighted by Gasteiger charge is 1.37. The number of hydrogen-bond acceptors (Lipinski definition) is 0. The summed E-state index contributed by atoms with van der Waals surface area (Å²) < 4.78 is 0. The van der Waals surface area contributed by atoms with Crippen LogP contribution in [0.2, 0.25) is 0 Å². The Bertz CT molecular complexity index is 15.5. The van der Waals surface area contributed by atoms with Crippen molar-refractivity contribution in [3.63, 3.8) is 0 Å². The van der Waals surface area contributed by atoms with Crippen molar-refractivity contribution in [2.75, 3.05) is 0 Å². The highest BCUT2D eigenvalue weighted by atomic mass is 13.4. The van der Waals surface area contributed by atoms with Crippen molar-refractivity contribution in [1.82, 2.24) is 0 Å². The predicted octanol–water partition coefficient (Wildman–Crippen LogP) is 10.6. The predicted molar refractivity (Wildman–Crippen MR) is 118 cm³/mol. The zero-order valence-electron chi connectivity index (χ0n) is 20.2. The average Bonchev–Trinajstić information content (AvgIpc) is 2.48. The summed E-state index contributed by atoms with van der Waals surface area (Å²) in [7, 11) is 0. The van der Waals surface area contributed by atoms with Crippen LogP contribution in [-0.4, -0.2) is 0 Å². The topological polar surface area (TPSA) is 0 Å². The fraction of sp³-hybridized carbons (Fsp3) is 1.00. The van der Waals surface area contributed by atoms with Gasteiger partial charge in [-0.2, -0.15) is 0 Å². The molecule has 0 aliphatic rings. The summed E-state index contributed by atoms with van der Waals surface area (Å²) in [4.78, 5) is 0. The van der Waals surface area contributed by atoms with Gasteiger partial charge >= 0.3 is 0 Å². The van der Waals surface area contributed by atoms with Crippen molar-refractivity contribution in [1.29, 1.82) is 0 Å². The maximum atomic E-state index is 2.12. The van der Waals surface area contributed by atoms with E-state index in [0.717, 1.165) is 0 Å². The van der Waals surface area contributed by atoms with Crippen molar-refractivity contribution in [3.05, 3.63) is 0 Å². The number of hydrogen-bond donors (Lipinski definition) is 0. The largest absolute Gasteiger partial charge is 0.0683 e. The molecule has 0 N–H and O–H groups in total. The zero-order chi connectivity index (χ0) is 20.2. The summed E-state index contributed by atoms with van der Waals surface area (Å²) in [5.41, 5.74) is 0. The zero-order valence-corrected chi connectivity index (χ0v) is 20.2. The Balaban J connectivity index is -0.0000000171. The minimum Gasteiger partial charge on any atom is -0.0683 e. The Labute approximate surface area is 149 Å². The van der Waals surface area contributed by atoms with Gasteiger partial charge in [-0.25, -0.2) is 0 Å². The maximum absolute atomic E-state index is 2.12. The molecule has 0 rings (SSSR count). The monoisotopic (exact) mass is 324 g/mol. The average molecular weight is 325 g/mol. The minimum atomic E-state index is 1.25. The van der Waals surface area contributed by atoms with Gasteiger partial charge in [-0.05, 0) is 0 Å². The van der Waals surface area contributed by atoms with Crippen LogP contribution < -0.4 is 0 Å². The Morgan fingerprint density at radius 2 is 0.227 bits per heavy atom. The van der Waals surface area contributed by atoms with Gasteiger partial charge in [0.05, 0.1) is 0 Å². The molecule has 0 fully saturated rings. The van der Waals surface area contributed by atoms with Crippen molar-refractivity contribution in [2.45, 2.75) is 149 Å². The first-order valence-corrected chi connectivity index (χ1v) is 10.5. The van der Waals surface area contributed by atoms with E-state index in [4.69, 9.17) is 0 Å². The fourth-order valence-corrected chi connectivity index (χ4v) is 0. The second-order valence-electron chi connectivity index (χ2n) is 4.24. The Kier molecular flexibility index (Phi) is 525. The Hall–Kier alpha value is 0. The van der Waals surface area contributed by atoms with Crippen LogP contribution in [0.3, 0.4) is 0 Å². The summed E-state index contributed by atoms with van der Waals surface area (Å²) in [6.45, 7) is 33.5. The molecule has 0 aromatic heterocycles. The third-order valence-electron chi connectivity index (χ3n) is 0. The molecule has 0 heteroatoms. The fourth-order valence-electron chi connectivity index (χ4n) is 0. The van der Waals surface area contributed by atoms with E-state index in [1.54, 1.807) is 0 Å². The maximum Gasteiger partial charge on any atom is -0.0590 e. The molecule has 22 heavy (non-hydrogen) atoms. The Morgan fingerprint density at radius 1 is 0.227 bits per heavy atom. The van der Waals surface area contributed by atoms with E-state index in [-0.39, 0.29) is 0 Å². The molecule has 0 bridgehead atoms. The first-order valence-electron chi connectivity index (χ1n) is 10.5. The molecule has 0 heterocycles. The van der Waals surface area contributed by atoms with Crippen molar-refractivity contribution >= 4 is 0 Å². The van der Waals surface area contributed by atoms with Crippen molar-refractivity contribution in [3.8, 4) is 0 Å². The van der Waals surface area contributed by atoms with Crippen LogP contribution in [0.4, 0.5) is 0 Å². The molecule has 0 amide bonds. The molecule has 0 saturated heterocycles. The van der Waals surface area contributed by atoms with E-state index in [0.29, 0.717) is 0 Å².